The fourth-order valence-electron chi connectivity index (χ4n) is 1.85. The summed E-state index contributed by atoms with van der Waals surface area (Å²) in [6.45, 7) is 2.98. The third kappa shape index (κ3) is 2.26. The number of urea groups is 1. The van der Waals surface area contributed by atoms with Crippen LogP contribution in [0.15, 0.2) is 24.3 Å². The number of hydrogen-bond donors (Lipinski definition) is 0. The molecule has 1 heterocycles. The van der Waals surface area contributed by atoms with Gasteiger partial charge in [-0.1, -0.05) is 17.7 Å². The van der Waals surface area contributed by atoms with Gasteiger partial charge in [-0.25, -0.2) is 9.69 Å². The van der Waals surface area contributed by atoms with Crippen molar-refractivity contribution < 1.29 is 9.59 Å². The summed E-state index contributed by atoms with van der Waals surface area (Å²) < 4.78 is 0. The van der Waals surface area contributed by atoms with Crippen LogP contribution in [0.25, 0.3) is 0 Å². The average Bonchev–Trinajstić information content (AvgIpc) is 2.29. The molecule has 4 nitrogen and oxygen atoms in total. The Morgan fingerprint density at radius 1 is 1.35 bits per heavy atom. The highest BCUT2D eigenvalue weighted by molar-refractivity contribution is 6.31. The van der Waals surface area contributed by atoms with Crippen LogP contribution in [0, 0.1) is 0 Å². The second-order valence-corrected chi connectivity index (χ2v) is 4.26. The summed E-state index contributed by atoms with van der Waals surface area (Å²) in [6, 6.07) is 6.49. The van der Waals surface area contributed by atoms with E-state index in [1.807, 2.05) is 6.92 Å². The first kappa shape index (κ1) is 11.9. The van der Waals surface area contributed by atoms with Crippen molar-refractivity contribution in [2.45, 2.75) is 13.3 Å². The minimum absolute atomic E-state index is 0.179. The van der Waals surface area contributed by atoms with E-state index in [1.54, 1.807) is 29.2 Å². The largest absolute Gasteiger partial charge is 0.331 e. The molecule has 1 aromatic rings. The highest BCUT2D eigenvalue weighted by atomic mass is 35.5. The monoisotopic (exact) mass is 252 g/mol. The molecule has 5 heteroatoms. The van der Waals surface area contributed by atoms with Crippen LogP contribution in [-0.4, -0.2) is 29.9 Å². The van der Waals surface area contributed by atoms with Crippen LogP contribution < -0.4 is 4.90 Å². The zero-order valence-electron chi connectivity index (χ0n) is 9.52. The van der Waals surface area contributed by atoms with E-state index in [0.29, 0.717) is 30.2 Å². The van der Waals surface area contributed by atoms with E-state index in [-0.39, 0.29) is 11.9 Å². The molecule has 1 fully saturated rings. The number of amides is 3. The Labute approximate surface area is 105 Å². The minimum atomic E-state index is -0.272. The first-order valence-electron chi connectivity index (χ1n) is 5.51. The summed E-state index contributed by atoms with van der Waals surface area (Å²) in [7, 11) is 0. The molecule has 0 bridgehead atoms. The fraction of sp³-hybridized carbons (Fsp3) is 0.333. The predicted octanol–water partition coefficient (Wildman–Crippen LogP) is 2.52. The van der Waals surface area contributed by atoms with Crippen LogP contribution in [0.3, 0.4) is 0 Å². The summed E-state index contributed by atoms with van der Waals surface area (Å²) in [5.74, 6) is -0.179. The molecular weight excluding hydrogens is 240 g/mol. The molecule has 1 aliphatic rings. The van der Waals surface area contributed by atoms with Gasteiger partial charge in [0.15, 0.2) is 0 Å². The highest BCUT2D eigenvalue weighted by Gasteiger charge is 2.32. The first-order chi connectivity index (χ1) is 8.13. The molecule has 1 aromatic carbocycles. The molecular formula is C12H13ClN2O2. The van der Waals surface area contributed by atoms with Crippen LogP contribution in [-0.2, 0) is 4.79 Å². The van der Waals surface area contributed by atoms with E-state index >= 15 is 0 Å². The summed E-state index contributed by atoms with van der Waals surface area (Å²) in [5, 5.41) is 0.511. The van der Waals surface area contributed by atoms with E-state index < -0.39 is 0 Å². The maximum atomic E-state index is 12.1. The van der Waals surface area contributed by atoms with Crippen molar-refractivity contribution >= 4 is 29.2 Å². The van der Waals surface area contributed by atoms with E-state index in [0.717, 1.165) is 0 Å². The zero-order valence-corrected chi connectivity index (χ0v) is 10.3. The van der Waals surface area contributed by atoms with Gasteiger partial charge in [-0.05, 0) is 25.1 Å². The summed E-state index contributed by atoms with van der Waals surface area (Å²) in [5.41, 5.74) is 0.533. The smallest absolute Gasteiger partial charge is 0.324 e. The molecule has 90 valence electrons. The standard InChI is InChI=1S/C12H13ClN2O2/c1-2-14-7-6-11(16)15(12(14)17)10-5-3-4-9(13)8-10/h3-5,8H,2,6-7H2,1H3. The van der Waals surface area contributed by atoms with E-state index in [1.165, 1.54) is 4.90 Å². The van der Waals surface area contributed by atoms with Crippen molar-refractivity contribution in [2.24, 2.45) is 0 Å². The molecule has 0 spiro atoms. The fourth-order valence-corrected chi connectivity index (χ4v) is 2.03. The Kier molecular flexibility index (Phi) is 3.33. The van der Waals surface area contributed by atoms with Crippen molar-refractivity contribution in [3.63, 3.8) is 0 Å². The molecule has 0 N–H and O–H groups in total. The van der Waals surface area contributed by atoms with Crippen LogP contribution >= 0.6 is 11.6 Å². The van der Waals surface area contributed by atoms with Gasteiger partial charge in [0.05, 0.1) is 5.69 Å². The van der Waals surface area contributed by atoms with E-state index in [9.17, 15) is 9.59 Å². The van der Waals surface area contributed by atoms with E-state index in [4.69, 9.17) is 11.6 Å². The Balaban J connectivity index is 2.34. The number of benzene rings is 1. The third-order valence-corrected chi connectivity index (χ3v) is 2.99. The molecule has 0 aromatic heterocycles. The molecule has 3 amide bonds. The summed E-state index contributed by atoms with van der Waals surface area (Å²) in [6.07, 6.45) is 0.353. The molecule has 0 aliphatic carbocycles. The van der Waals surface area contributed by atoms with Crippen LogP contribution in [0.1, 0.15) is 13.3 Å². The Bertz CT molecular complexity index is 462. The highest BCUT2D eigenvalue weighted by Crippen LogP contribution is 2.23. The lowest BCUT2D eigenvalue weighted by atomic mass is 10.2. The molecule has 0 radical (unpaired) electrons. The normalized spacial score (nSPS) is 16.6. The Morgan fingerprint density at radius 3 is 2.76 bits per heavy atom. The van der Waals surface area contributed by atoms with Crippen molar-refractivity contribution in [2.75, 3.05) is 18.0 Å². The average molecular weight is 253 g/mol. The van der Waals surface area contributed by atoms with Crippen LogP contribution in [0.5, 0.6) is 0 Å². The lowest BCUT2D eigenvalue weighted by Crippen LogP contribution is -2.52. The van der Waals surface area contributed by atoms with Crippen molar-refractivity contribution in [3.05, 3.63) is 29.3 Å². The molecule has 0 saturated carbocycles. The molecule has 0 unspecified atom stereocenters. The SMILES string of the molecule is CCN1CCC(=O)N(c2cccc(Cl)c2)C1=O. The number of hydrogen-bond acceptors (Lipinski definition) is 2. The zero-order chi connectivity index (χ0) is 12.4. The summed E-state index contributed by atoms with van der Waals surface area (Å²) in [4.78, 5) is 26.7. The van der Waals surface area contributed by atoms with Gasteiger partial charge in [0.2, 0.25) is 5.91 Å². The second kappa shape index (κ2) is 4.75. The van der Waals surface area contributed by atoms with Gasteiger partial charge in [-0.15, -0.1) is 0 Å². The second-order valence-electron chi connectivity index (χ2n) is 3.82. The third-order valence-electron chi connectivity index (χ3n) is 2.75. The van der Waals surface area contributed by atoms with Gasteiger partial charge >= 0.3 is 6.03 Å². The number of nitrogens with zero attached hydrogens (tertiary/aromatic N) is 2. The number of carbonyl (C=O) groups is 2. The lowest BCUT2D eigenvalue weighted by molar-refractivity contribution is -0.119. The van der Waals surface area contributed by atoms with Gasteiger partial charge < -0.3 is 4.90 Å². The van der Waals surface area contributed by atoms with Crippen molar-refractivity contribution in [1.82, 2.24) is 4.90 Å². The summed E-state index contributed by atoms with van der Waals surface area (Å²) >= 11 is 5.87. The molecule has 17 heavy (non-hydrogen) atoms. The van der Waals surface area contributed by atoms with Gasteiger partial charge in [0, 0.05) is 24.5 Å². The number of imide groups is 1. The first-order valence-corrected chi connectivity index (χ1v) is 5.88. The van der Waals surface area contributed by atoms with Crippen LogP contribution in [0.4, 0.5) is 10.5 Å². The molecule has 2 rings (SSSR count). The quantitative estimate of drug-likeness (QED) is 0.812. The number of rotatable bonds is 2. The lowest BCUT2D eigenvalue weighted by Gasteiger charge is -2.33. The predicted molar refractivity (Wildman–Crippen MR) is 66.2 cm³/mol. The Hall–Kier alpha value is -1.55. The molecule has 0 atom stereocenters. The number of anilines is 1. The minimum Gasteiger partial charge on any atom is -0.324 e. The number of carbonyl (C=O) groups excluding carboxylic acids is 2. The van der Waals surface area contributed by atoms with Crippen molar-refractivity contribution in [1.29, 1.82) is 0 Å². The maximum Gasteiger partial charge on any atom is 0.331 e. The topological polar surface area (TPSA) is 40.6 Å². The van der Waals surface area contributed by atoms with Gasteiger partial charge in [0.25, 0.3) is 0 Å². The van der Waals surface area contributed by atoms with Gasteiger partial charge in [-0.2, -0.15) is 0 Å². The maximum absolute atomic E-state index is 12.1. The van der Waals surface area contributed by atoms with E-state index in [2.05, 4.69) is 0 Å². The number of halogens is 1. The molecule has 1 aliphatic heterocycles. The van der Waals surface area contributed by atoms with Crippen LogP contribution in [0.2, 0.25) is 5.02 Å². The Morgan fingerprint density at radius 2 is 2.12 bits per heavy atom. The molecule has 1 saturated heterocycles. The van der Waals surface area contributed by atoms with Gasteiger partial charge in [-0.3, -0.25) is 4.79 Å². The van der Waals surface area contributed by atoms with Gasteiger partial charge in [0.1, 0.15) is 0 Å². The van der Waals surface area contributed by atoms with Crippen molar-refractivity contribution in [3.8, 4) is 0 Å².